The summed E-state index contributed by atoms with van der Waals surface area (Å²) in [5.74, 6) is 0. The Kier molecular flexibility index (Phi) is 3.70. The molecule has 3 radical (unpaired) electrons. The summed E-state index contributed by atoms with van der Waals surface area (Å²) in [7, 11) is 1.43. The Morgan fingerprint density at radius 1 is 1.10 bits per heavy atom. The molecule has 57 valence electrons. The van der Waals surface area contributed by atoms with E-state index in [4.69, 9.17) is 0 Å². The lowest BCUT2D eigenvalue weighted by atomic mass is 10.0. The van der Waals surface area contributed by atoms with E-state index < -0.39 is 0 Å². The van der Waals surface area contributed by atoms with Crippen molar-refractivity contribution in [3.8, 4) is 0 Å². The lowest BCUT2D eigenvalue weighted by molar-refractivity contribution is 0.503. The van der Waals surface area contributed by atoms with E-state index in [2.05, 4.69) is 13.1 Å². The van der Waals surface area contributed by atoms with Crippen molar-refractivity contribution in [1.82, 2.24) is 0 Å². The van der Waals surface area contributed by atoms with Gasteiger partial charge in [0.1, 0.15) is 0 Å². The molecule has 1 saturated carbocycles. The van der Waals surface area contributed by atoms with E-state index in [1.165, 1.54) is 28.3 Å². The number of rotatable bonds is 2. The molecule has 0 aromatic carbocycles. The summed E-state index contributed by atoms with van der Waals surface area (Å²) in [6.07, 6.45) is 7.65. The van der Waals surface area contributed by atoms with E-state index in [1.54, 1.807) is 12.8 Å². The maximum absolute atomic E-state index is 2.46. The van der Waals surface area contributed by atoms with Crippen molar-refractivity contribution in [2.45, 2.75) is 50.7 Å². The van der Waals surface area contributed by atoms with Crippen LogP contribution in [0.15, 0.2) is 0 Å². The molecule has 0 heterocycles. The van der Waals surface area contributed by atoms with Crippen LogP contribution in [0.1, 0.15) is 32.1 Å². The van der Waals surface area contributed by atoms with Gasteiger partial charge in [0.15, 0.2) is 0 Å². The van der Waals surface area contributed by atoms with E-state index in [0.29, 0.717) is 0 Å². The van der Waals surface area contributed by atoms with Gasteiger partial charge in [0.2, 0.25) is 0 Å². The van der Waals surface area contributed by atoms with E-state index in [9.17, 15) is 0 Å². The zero-order valence-corrected chi connectivity index (χ0v) is 9.11. The van der Waals surface area contributed by atoms with Gasteiger partial charge in [-0.1, -0.05) is 50.7 Å². The summed E-state index contributed by atoms with van der Waals surface area (Å²) < 4.78 is 0. The quantitative estimate of drug-likeness (QED) is 0.558. The zero-order chi connectivity index (χ0) is 7.40. The van der Waals surface area contributed by atoms with Crippen molar-refractivity contribution < 1.29 is 0 Å². The monoisotopic (exact) mass is 169 g/mol. The van der Waals surface area contributed by atoms with Crippen LogP contribution in [0.2, 0.25) is 18.6 Å². The molecular formula is C8H17Si2. The Labute approximate surface area is 68.6 Å². The predicted octanol–water partition coefficient (Wildman–Crippen LogP) is 2.69. The Bertz CT molecular complexity index is 85.3. The molecule has 0 spiro atoms. The molecule has 0 bridgehead atoms. The highest BCUT2D eigenvalue weighted by molar-refractivity contribution is 7.11. The molecule has 0 aliphatic heterocycles. The number of hydrogen-bond acceptors (Lipinski definition) is 0. The van der Waals surface area contributed by atoms with Gasteiger partial charge < -0.3 is 0 Å². The molecule has 10 heavy (non-hydrogen) atoms. The topological polar surface area (TPSA) is 0 Å². The standard InChI is InChI=1S/C8H17Si2/c1-10(2)9-8-6-4-3-5-7-8/h8H,3-7H2,1-2H3. The first kappa shape index (κ1) is 8.53. The average Bonchev–Trinajstić information content (AvgIpc) is 1.88. The van der Waals surface area contributed by atoms with E-state index in [-0.39, 0.29) is 8.31 Å². The van der Waals surface area contributed by atoms with Crippen LogP contribution in [0.25, 0.3) is 0 Å². The lowest BCUT2D eigenvalue weighted by Crippen LogP contribution is -2.20. The fourth-order valence-corrected chi connectivity index (χ4v) is 6.48. The highest BCUT2D eigenvalue weighted by Crippen LogP contribution is 2.27. The Hall–Kier alpha value is 0.434. The fourth-order valence-electron chi connectivity index (χ4n) is 1.66. The minimum absolute atomic E-state index is 0.0942. The van der Waals surface area contributed by atoms with Gasteiger partial charge in [0.05, 0.1) is 0 Å². The van der Waals surface area contributed by atoms with Crippen molar-refractivity contribution in [2.24, 2.45) is 0 Å². The maximum Gasteiger partial charge on any atom is 0.0293 e. The average molecular weight is 169 g/mol. The van der Waals surface area contributed by atoms with Crippen LogP contribution in [0, 0.1) is 0 Å². The summed E-state index contributed by atoms with van der Waals surface area (Å²) in [5.41, 5.74) is 1.15. The summed E-state index contributed by atoms with van der Waals surface area (Å²) in [6.45, 7) is 4.91. The molecule has 0 N–H and O–H groups in total. The van der Waals surface area contributed by atoms with E-state index in [0.717, 1.165) is 5.54 Å². The molecule has 0 nitrogen and oxygen atoms in total. The van der Waals surface area contributed by atoms with Crippen LogP contribution < -0.4 is 0 Å². The van der Waals surface area contributed by atoms with Gasteiger partial charge in [-0.05, 0) is 0 Å². The maximum atomic E-state index is 2.46. The molecule has 0 atom stereocenters. The van der Waals surface area contributed by atoms with Crippen LogP contribution in [0.5, 0.6) is 0 Å². The van der Waals surface area contributed by atoms with Crippen LogP contribution >= 0.6 is 0 Å². The SMILES string of the molecule is C[Si](C)[Si]C1CCCCC1. The summed E-state index contributed by atoms with van der Waals surface area (Å²) >= 11 is 0. The lowest BCUT2D eigenvalue weighted by Gasteiger charge is -2.21. The van der Waals surface area contributed by atoms with Crippen molar-refractivity contribution in [2.75, 3.05) is 0 Å². The largest absolute Gasteiger partial charge is 0.0737 e. The smallest absolute Gasteiger partial charge is 0.0293 e. The third kappa shape index (κ3) is 3.01. The van der Waals surface area contributed by atoms with Crippen LogP contribution in [-0.2, 0) is 0 Å². The minimum atomic E-state index is 0.0942. The van der Waals surface area contributed by atoms with Gasteiger partial charge >= 0.3 is 0 Å². The van der Waals surface area contributed by atoms with Crippen LogP contribution in [0.3, 0.4) is 0 Å². The number of hydrogen-bond donors (Lipinski definition) is 0. The molecule has 1 rings (SSSR count). The van der Waals surface area contributed by atoms with Crippen molar-refractivity contribution in [3.63, 3.8) is 0 Å². The van der Waals surface area contributed by atoms with Gasteiger partial charge in [-0.2, -0.15) is 0 Å². The molecule has 0 saturated heterocycles. The molecule has 1 aliphatic carbocycles. The molecule has 1 aliphatic rings. The van der Waals surface area contributed by atoms with E-state index in [1.807, 2.05) is 0 Å². The van der Waals surface area contributed by atoms with Crippen LogP contribution in [0.4, 0.5) is 0 Å². The van der Waals surface area contributed by atoms with E-state index >= 15 is 0 Å². The first-order chi connectivity index (χ1) is 4.79. The molecular weight excluding hydrogens is 152 g/mol. The predicted molar refractivity (Wildman–Crippen MR) is 50.1 cm³/mol. The fraction of sp³-hybridized carbons (Fsp3) is 1.00. The van der Waals surface area contributed by atoms with Gasteiger partial charge in [-0.3, -0.25) is 0 Å². The third-order valence-electron chi connectivity index (χ3n) is 2.10. The summed E-state index contributed by atoms with van der Waals surface area (Å²) in [4.78, 5) is 0. The van der Waals surface area contributed by atoms with Gasteiger partial charge in [-0.15, -0.1) is 0 Å². The second-order valence-electron chi connectivity index (χ2n) is 3.48. The summed E-state index contributed by atoms with van der Waals surface area (Å²) in [6, 6.07) is 0. The van der Waals surface area contributed by atoms with Crippen LogP contribution in [-0.4, -0.2) is 17.4 Å². The molecule has 1 fully saturated rings. The Balaban J connectivity index is 2.13. The second-order valence-corrected chi connectivity index (χ2v) is 10.5. The molecule has 2 heteroatoms. The highest BCUT2D eigenvalue weighted by Gasteiger charge is 2.15. The van der Waals surface area contributed by atoms with Gasteiger partial charge in [0, 0.05) is 17.4 Å². The second kappa shape index (κ2) is 4.34. The molecule has 0 amide bonds. The molecule has 0 aromatic rings. The first-order valence-corrected chi connectivity index (χ1v) is 8.93. The highest BCUT2D eigenvalue weighted by atomic mass is 29.2. The van der Waals surface area contributed by atoms with Gasteiger partial charge in [0.25, 0.3) is 0 Å². The van der Waals surface area contributed by atoms with Crippen molar-refractivity contribution >= 4 is 17.4 Å². The first-order valence-electron chi connectivity index (χ1n) is 4.36. The molecule has 0 aromatic heterocycles. The Morgan fingerprint density at radius 2 is 1.70 bits per heavy atom. The molecule has 0 unspecified atom stereocenters. The van der Waals surface area contributed by atoms with Gasteiger partial charge in [-0.25, -0.2) is 0 Å². The van der Waals surface area contributed by atoms with Crippen molar-refractivity contribution in [1.29, 1.82) is 0 Å². The normalized spacial score (nSPS) is 21.9. The Morgan fingerprint density at radius 3 is 2.20 bits per heavy atom. The third-order valence-corrected chi connectivity index (χ3v) is 6.62. The van der Waals surface area contributed by atoms with Crippen molar-refractivity contribution in [3.05, 3.63) is 0 Å². The zero-order valence-electron chi connectivity index (χ0n) is 7.11. The minimum Gasteiger partial charge on any atom is -0.0737 e. The summed E-state index contributed by atoms with van der Waals surface area (Å²) in [5, 5.41) is 0.